The molecule has 0 fully saturated rings. The fourth-order valence-corrected chi connectivity index (χ4v) is 3.28. The zero-order valence-electron chi connectivity index (χ0n) is 19.0. The number of benzene rings is 1. The number of hydrogen-bond acceptors (Lipinski definition) is 7. The Morgan fingerprint density at radius 2 is 1.82 bits per heavy atom. The lowest BCUT2D eigenvalue weighted by atomic mass is 10.2. The molecule has 3 rings (SSSR count). The number of amides is 1. The van der Waals surface area contributed by atoms with Crippen molar-refractivity contribution in [1.82, 2.24) is 24.0 Å². The van der Waals surface area contributed by atoms with E-state index in [1.54, 1.807) is 6.92 Å². The van der Waals surface area contributed by atoms with Crippen molar-refractivity contribution in [2.75, 3.05) is 6.54 Å². The van der Waals surface area contributed by atoms with E-state index >= 15 is 0 Å². The Bertz CT molecular complexity index is 1260. The van der Waals surface area contributed by atoms with Crippen molar-refractivity contribution >= 4 is 23.2 Å². The topological polar surface area (TPSA) is 126 Å². The van der Waals surface area contributed by atoms with Gasteiger partial charge in [0.05, 0.1) is 0 Å². The van der Waals surface area contributed by atoms with E-state index in [9.17, 15) is 19.2 Å². The molecule has 0 saturated carbocycles. The highest BCUT2D eigenvalue weighted by Gasteiger charge is 2.21. The van der Waals surface area contributed by atoms with Crippen LogP contribution >= 0.6 is 0 Å². The first kappa shape index (κ1) is 23.8. The monoisotopic (exact) mass is 457 g/mol. The number of nitrogens with zero attached hydrogens (tertiary/aromatic N) is 4. The second-order valence-electron chi connectivity index (χ2n) is 7.98. The van der Waals surface area contributed by atoms with Crippen LogP contribution in [0.15, 0.2) is 46.2 Å². The first-order valence-electron chi connectivity index (χ1n) is 10.5. The number of ether oxygens (including phenoxy) is 2. The maximum absolute atomic E-state index is 12.7. The van der Waals surface area contributed by atoms with Gasteiger partial charge < -0.3 is 14.8 Å². The maximum atomic E-state index is 12.7. The van der Waals surface area contributed by atoms with Crippen molar-refractivity contribution in [2.45, 2.75) is 40.2 Å². The van der Waals surface area contributed by atoms with Gasteiger partial charge in [-0.05, 0) is 18.4 Å². The maximum Gasteiger partial charge on any atom is 0.407 e. The summed E-state index contributed by atoms with van der Waals surface area (Å²) in [5.41, 5.74) is 0.177. The zero-order chi connectivity index (χ0) is 24.1. The fourth-order valence-electron chi connectivity index (χ4n) is 3.28. The van der Waals surface area contributed by atoms with Gasteiger partial charge in [0.1, 0.15) is 19.5 Å². The highest BCUT2D eigenvalue weighted by atomic mass is 16.6. The van der Waals surface area contributed by atoms with Gasteiger partial charge in [0.25, 0.3) is 5.56 Å². The molecule has 0 aliphatic carbocycles. The number of esters is 1. The highest BCUT2D eigenvalue weighted by molar-refractivity contribution is 5.78. The lowest BCUT2D eigenvalue weighted by Gasteiger charge is -2.16. The van der Waals surface area contributed by atoms with Crippen LogP contribution in [0.25, 0.3) is 11.2 Å². The van der Waals surface area contributed by atoms with Gasteiger partial charge >= 0.3 is 17.8 Å². The molecule has 1 aromatic carbocycles. The number of aromatic nitrogens is 4. The van der Waals surface area contributed by atoms with Crippen LogP contribution in [0.4, 0.5) is 4.79 Å². The first-order valence-corrected chi connectivity index (χ1v) is 10.5. The fraction of sp³-hybridized carbons (Fsp3) is 0.409. The quantitative estimate of drug-likeness (QED) is 0.509. The van der Waals surface area contributed by atoms with Gasteiger partial charge in [0.2, 0.25) is 0 Å². The minimum atomic E-state index is -0.901. The summed E-state index contributed by atoms with van der Waals surface area (Å²) >= 11 is 0. The molecule has 176 valence electrons. The summed E-state index contributed by atoms with van der Waals surface area (Å²) in [6.07, 6.45) is -0.313. The predicted molar refractivity (Wildman–Crippen MR) is 120 cm³/mol. The molecule has 33 heavy (non-hydrogen) atoms. The Hall–Kier alpha value is -3.89. The van der Waals surface area contributed by atoms with E-state index in [1.165, 1.54) is 22.5 Å². The number of alkyl carbamates (subject to hydrolysis) is 1. The van der Waals surface area contributed by atoms with Gasteiger partial charge in [0, 0.05) is 13.6 Å². The van der Waals surface area contributed by atoms with Crippen molar-refractivity contribution in [3.05, 3.63) is 63.1 Å². The van der Waals surface area contributed by atoms with Crippen molar-refractivity contribution in [3.63, 3.8) is 0 Å². The van der Waals surface area contributed by atoms with Gasteiger partial charge in [-0.15, -0.1) is 0 Å². The molecule has 0 saturated heterocycles. The number of fused-ring (bicyclic) bond motifs is 1. The molecule has 2 heterocycles. The second-order valence-corrected chi connectivity index (χ2v) is 7.98. The zero-order valence-corrected chi connectivity index (χ0v) is 19.0. The van der Waals surface area contributed by atoms with Crippen molar-refractivity contribution in [2.24, 2.45) is 13.0 Å². The smallest absolute Gasteiger partial charge is 0.407 e. The van der Waals surface area contributed by atoms with Crippen LogP contribution in [-0.4, -0.2) is 37.3 Å². The van der Waals surface area contributed by atoms with E-state index in [4.69, 9.17) is 9.47 Å². The summed E-state index contributed by atoms with van der Waals surface area (Å²) in [6.45, 7) is 5.49. The molecule has 1 N–H and O–H groups in total. The van der Waals surface area contributed by atoms with Crippen LogP contribution in [0.5, 0.6) is 0 Å². The highest BCUT2D eigenvalue weighted by Crippen LogP contribution is 2.15. The number of nitrogens with one attached hydrogen (secondary N) is 1. The van der Waals surface area contributed by atoms with Gasteiger partial charge in [0.15, 0.2) is 17.4 Å². The minimum Gasteiger partial charge on any atom is -0.445 e. The summed E-state index contributed by atoms with van der Waals surface area (Å²) in [5.74, 6) is -0.579. The molecule has 0 aliphatic heterocycles. The number of imidazole rings is 1. The molecule has 2 aromatic heterocycles. The number of carbonyl (C=O) groups is 2. The Morgan fingerprint density at radius 3 is 2.48 bits per heavy atom. The molecule has 11 nitrogen and oxygen atoms in total. The molecule has 0 radical (unpaired) electrons. The van der Waals surface area contributed by atoms with Crippen LogP contribution in [-0.2, 0) is 34.5 Å². The summed E-state index contributed by atoms with van der Waals surface area (Å²) in [5, 5.41) is 2.33. The molecule has 1 atom stereocenters. The molecule has 0 aliphatic rings. The molecule has 3 aromatic rings. The standard InChI is InChI=1S/C22H27N5O6/c1-14(2)11-26-19-18(20(29)25(4)22(26)31)27(13-24-19)15(3)33-17(28)10-23-21(30)32-12-16-8-6-5-7-9-16/h5-9,13-15H,10-12H2,1-4H3,(H,23,30). The lowest BCUT2D eigenvalue weighted by Crippen LogP contribution is -2.39. The van der Waals surface area contributed by atoms with Crippen molar-refractivity contribution in [3.8, 4) is 0 Å². The molecule has 1 unspecified atom stereocenters. The first-order chi connectivity index (χ1) is 15.7. The number of carbonyl (C=O) groups excluding carboxylic acids is 2. The van der Waals surface area contributed by atoms with E-state index in [-0.39, 0.29) is 23.7 Å². The van der Waals surface area contributed by atoms with Crippen molar-refractivity contribution < 1.29 is 19.1 Å². The third-order valence-electron chi connectivity index (χ3n) is 4.89. The molecule has 0 spiro atoms. The molecule has 1 amide bonds. The van der Waals surface area contributed by atoms with Gasteiger partial charge in [-0.25, -0.2) is 14.6 Å². The lowest BCUT2D eigenvalue weighted by molar-refractivity contribution is -0.151. The van der Waals surface area contributed by atoms with E-state index in [1.807, 2.05) is 44.2 Å². The Labute approximate surface area is 189 Å². The molecule has 0 bridgehead atoms. The third kappa shape index (κ3) is 5.48. The average Bonchev–Trinajstić information content (AvgIpc) is 3.23. The third-order valence-corrected chi connectivity index (χ3v) is 4.89. The largest absolute Gasteiger partial charge is 0.445 e. The molecular formula is C22H27N5O6. The van der Waals surface area contributed by atoms with E-state index in [0.717, 1.165) is 10.1 Å². The van der Waals surface area contributed by atoms with Crippen molar-refractivity contribution in [1.29, 1.82) is 0 Å². The summed E-state index contributed by atoms with van der Waals surface area (Å²) in [6, 6.07) is 9.12. The van der Waals surface area contributed by atoms with E-state index in [0.29, 0.717) is 6.54 Å². The molecular weight excluding hydrogens is 430 g/mol. The van der Waals surface area contributed by atoms with Crippen LogP contribution in [0.1, 0.15) is 32.6 Å². The second kappa shape index (κ2) is 10.2. The summed E-state index contributed by atoms with van der Waals surface area (Å²) in [4.78, 5) is 53.5. The van der Waals surface area contributed by atoms with Gasteiger partial charge in [-0.3, -0.25) is 23.3 Å². The Morgan fingerprint density at radius 1 is 1.12 bits per heavy atom. The Balaban J connectivity index is 1.66. The van der Waals surface area contributed by atoms with Gasteiger partial charge in [-0.2, -0.15) is 0 Å². The van der Waals surface area contributed by atoms with E-state index < -0.39 is 36.1 Å². The normalized spacial score (nSPS) is 12.0. The predicted octanol–water partition coefficient (Wildman–Crippen LogP) is 1.54. The van der Waals surface area contributed by atoms with Crippen LogP contribution < -0.4 is 16.6 Å². The number of hydrogen-bond donors (Lipinski definition) is 1. The molecule has 11 heteroatoms. The van der Waals surface area contributed by atoms with Crippen LogP contribution in [0, 0.1) is 5.92 Å². The average molecular weight is 457 g/mol. The Kier molecular flexibility index (Phi) is 7.31. The minimum absolute atomic E-state index is 0.0700. The SMILES string of the molecule is CC(C)Cn1c(=O)n(C)c(=O)c2c1ncn2C(C)OC(=O)CNC(=O)OCc1ccccc1. The van der Waals surface area contributed by atoms with Gasteiger partial charge in [-0.1, -0.05) is 44.2 Å². The van der Waals surface area contributed by atoms with Crippen LogP contribution in [0.3, 0.4) is 0 Å². The summed E-state index contributed by atoms with van der Waals surface area (Å²) in [7, 11) is 1.39. The number of rotatable bonds is 8. The summed E-state index contributed by atoms with van der Waals surface area (Å²) < 4.78 is 14.2. The van der Waals surface area contributed by atoms with E-state index in [2.05, 4.69) is 10.3 Å². The van der Waals surface area contributed by atoms with Crippen LogP contribution in [0.2, 0.25) is 0 Å².